The van der Waals surface area contributed by atoms with Gasteiger partial charge in [0, 0.05) is 92.3 Å². The molecular weight excluding hydrogens is 847 g/mol. The molecule has 2 N–H and O–H groups in total. The summed E-state index contributed by atoms with van der Waals surface area (Å²) in [5.74, 6) is -1.74. The van der Waals surface area contributed by atoms with Crippen LogP contribution in [0.3, 0.4) is 0 Å². The Morgan fingerprint density at radius 3 is 2.58 bits per heavy atom. The Labute approximate surface area is 384 Å². The minimum Gasteiger partial charge on any atom is -0.464 e. The number of aromatic nitrogens is 3. The molecule has 2 fully saturated rings. The molecule has 3 aromatic heterocycles. The summed E-state index contributed by atoms with van der Waals surface area (Å²) in [5, 5.41) is 6.37. The zero-order valence-electron chi connectivity index (χ0n) is 39.0. The molecule has 0 unspecified atom stereocenters. The lowest BCUT2D eigenvalue weighted by Crippen LogP contribution is -2.69. The first-order valence-corrected chi connectivity index (χ1v) is 23.8. The van der Waals surface area contributed by atoms with Gasteiger partial charge in [-0.15, -0.1) is 11.3 Å². The number of carbonyl (C=O) groups is 4. The smallest absolute Gasteiger partial charge is 0.324 e. The van der Waals surface area contributed by atoms with Crippen molar-refractivity contribution in [2.75, 3.05) is 54.5 Å². The van der Waals surface area contributed by atoms with Gasteiger partial charge in [0.2, 0.25) is 5.91 Å². The van der Waals surface area contributed by atoms with Crippen LogP contribution in [0.25, 0.3) is 33.4 Å². The SMILES string of the molecule is CCn1c(-c2cccnc2[C@H](C)OC)c2c3cc(ccc31)-c1csc(n1)C[C@@]([Si])(NC(=O)[C@H](C(C)C)N(C)C(=O)N(C)[C@H]1CCN(C)C1)C(=O)N1CCC[C@H](N1)C(=O)OCC(C)(C)C2. The van der Waals surface area contributed by atoms with E-state index in [9.17, 15) is 19.2 Å². The van der Waals surface area contributed by atoms with E-state index in [-0.39, 0.29) is 37.1 Å². The molecule has 6 heterocycles. The normalized spacial score (nSPS) is 22.8. The summed E-state index contributed by atoms with van der Waals surface area (Å²) in [4.78, 5) is 72.6. The van der Waals surface area contributed by atoms with Crippen LogP contribution in [0.2, 0.25) is 0 Å². The predicted molar refractivity (Wildman–Crippen MR) is 249 cm³/mol. The van der Waals surface area contributed by atoms with Gasteiger partial charge in [-0.3, -0.25) is 24.4 Å². The van der Waals surface area contributed by atoms with E-state index in [0.29, 0.717) is 37.4 Å². The zero-order chi connectivity index (χ0) is 46.2. The summed E-state index contributed by atoms with van der Waals surface area (Å²) in [6.07, 6.45) is 3.95. The maximum absolute atomic E-state index is 14.9. The average Bonchev–Trinajstić information content (AvgIpc) is 4.00. The van der Waals surface area contributed by atoms with Gasteiger partial charge in [-0.1, -0.05) is 33.8 Å². The lowest BCUT2D eigenvalue weighted by Gasteiger charge is -2.41. The van der Waals surface area contributed by atoms with Crippen molar-refractivity contribution in [3.05, 3.63) is 58.2 Å². The van der Waals surface area contributed by atoms with Gasteiger partial charge in [0.1, 0.15) is 17.2 Å². The summed E-state index contributed by atoms with van der Waals surface area (Å²) < 4.78 is 14.3. The highest BCUT2D eigenvalue weighted by Crippen LogP contribution is 2.42. The van der Waals surface area contributed by atoms with Gasteiger partial charge in [-0.05, 0) is 88.9 Å². The summed E-state index contributed by atoms with van der Waals surface area (Å²) in [5.41, 5.74) is 9.29. The molecule has 15 nitrogen and oxygen atoms in total. The highest BCUT2D eigenvalue weighted by Gasteiger charge is 2.45. The molecule has 6 bridgehead atoms. The lowest BCUT2D eigenvalue weighted by atomic mass is 9.84. The van der Waals surface area contributed by atoms with Crippen LogP contribution in [0.1, 0.15) is 83.2 Å². The van der Waals surface area contributed by atoms with Crippen LogP contribution in [0.5, 0.6) is 0 Å². The zero-order valence-corrected chi connectivity index (χ0v) is 40.8. The van der Waals surface area contributed by atoms with Gasteiger partial charge in [0.05, 0.1) is 45.0 Å². The monoisotopic (exact) mass is 910 g/mol. The number of cyclic esters (lactones) is 1. The summed E-state index contributed by atoms with van der Waals surface area (Å²) >= 11 is 1.40. The number of nitrogens with zero attached hydrogens (tertiary/aromatic N) is 7. The van der Waals surface area contributed by atoms with Gasteiger partial charge in [-0.2, -0.15) is 0 Å². The largest absolute Gasteiger partial charge is 0.464 e. The summed E-state index contributed by atoms with van der Waals surface area (Å²) in [6.45, 7) is 14.9. The number of hydrogen-bond donors (Lipinski definition) is 2. The van der Waals surface area contributed by atoms with E-state index in [2.05, 4.69) is 75.5 Å². The number of ether oxygens (including phenoxy) is 2. The fraction of sp³-hybridized carbons (Fsp3) is 0.574. The van der Waals surface area contributed by atoms with Crippen molar-refractivity contribution < 1.29 is 28.7 Å². The number of likely N-dealkylation sites (tertiary alicyclic amines) is 1. The first kappa shape index (κ1) is 47.3. The maximum Gasteiger partial charge on any atom is 0.324 e. The fourth-order valence-corrected chi connectivity index (χ4v) is 11.0. The van der Waals surface area contributed by atoms with Crippen LogP contribution in [0.4, 0.5) is 4.79 Å². The van der Waals surface area contributed by atoms with Gasteiger partial charge >= 0.3 is 12.0 Å². The van der Waals surface area contributed by atoms with Crippen molar-refractivity contribution >= 4 is 56.3 Å². The van der Waals surface area contributed by atoms with E-state index < -0.39 is 40.4 Å². The first-order valence-electron chi connectivity index (χ1n) is 22.4. The van der Waals surface area contributed by atoms with Crippen molar-refractivity contribution in [3.63, 3.8) is 0 Å². The number of esters is 1. The number of nitrogens with one attached hydrogen (secondary N) is 2. The lowest BCUT2D eigenvalue weighted by molar-refractivity contribution is -0.156. The van der Waals surface area contributed by atoms with Crippen molar-refractivity contribution in [2.24, 2.45) is 11.3 Å². The molecule has 3 aliphatic heterocycles. The molecule has 4 amide bonds. The molecular formula is C47H64N9O6SSi. The third-order valence-corrected chi connectivity index (χ3v) is 14.5. The second-order valence-corrected chi connectivity index (χ2v) is 20.7. The number of carbonyl (C=O) groups excluding carboxylic acids is 4. The molecule has 5 atom stereocenters. The van der Waals surface area contributed by atoms with E-state index in [0.717, 1.165) is 64.2 Å². The number of amides is 4. The van der Waals surface area contributed by atoms with Gasteiger partial charge in [0.15, 0.2) is 0 Å². The third-order valence-electron chi connectivity index (χ3n) is 13.1. The molecule has 0 aliphatic carbocycles. The number of urea groups is 1. The second-order valence-electron chi connectivity index (χ2n) is 18.9. The molecule has 4 aromatic rings. The second kappa shape index (κ2) is 19.0. The number of methoxy groups -OCH3 is 1. The minimum atomic E-state index is -1.71. The number of pyridine rings is 1. The Bertz CT molecular complexity index is 2380. The van der Waals surface area contributed by atoms with Gasteiger partial charge < -0.3 is 34.1 Å². The molecule has 343 valence electrons. The molecule has 3 radical (unpaired) electrons. The topological polar surface area (TPSA) is 154 Å². The number of hydrogen-bond acceptors (Lipinski definition) is 11. The molecule has 7 rings (SSSR count). The summed E-state index contributed by atoms with van der Waals surface area (Å²) in [6, 6.07) is 8.48. The first-order chi connectivity index (χ1) is 30.4. The van der Waals surface area contributed by atoms with Crippen molar-refractivity contribution in [1.82, 2.24) is 45.0 Å². The minimum absolute atomic E-state index is 0.0112. The Morgan fingerprint density at radius 1 is 1.12 bits per heavy atom. The molecule has 0 spiro atoms. The number of likely N-dealkylation sites (N-methyl/N-ethyl adjacent to an activating group) is 3. The molecule has 17 heteroatoms. The molecule has 1 aromatic carbocycles. The quantitative estimate of drug-likeness (QED) is 0.165. The van der Waals surface area contributed by atoms with Gasteiger partial charge in [-0.25, -0.2) is 15.2 Å². The van der Waals surface area contributed by atoms with E-state index in [4.69, 9.17) is 19.4 Å². The van der Waals surface area contributed by atoms with Crippen molar-refractivity contribution in [2.45, 2.75) is 110 Å². The number of hydrazine groups is 1. The summed E-state index contributed by atoms with van der Waals surface area (Å²) in [7, 11) is 11.0. The van der Waals surface area contributed by atoms with Crippen LogP contribution >= 0.6 is 11.3 Å². The van der Waals surface area contributed by atoms with Crippen molar-refractivity contribution in [1.29, 1.82) is 0 Å². The molecule has 0 saturated carbocycles. The Hall–Kier alpha value is -4.68. The van der Waals surface area contributed by atoms with Gasteiger partial charge in [0.25, 0.3) is 5.91 Å². The highest BCUT2D eigenvalue weighted by atomic mass is 32.1. The van der Waals surface area contributed by atoms with Crippen LogP contribution in [0.15, 0.2) is 41.9 Å². The van der Waals surface area contributed by atoms with E-state index >= 15 is 0 Å². The Morgan fingerprint density at radius 2 is 1.89 bits per heavy atom. The number of aryl methyl sites for hydroxylation is 1. The van der Waals surface area contributed by atoms with Crippen LogP contribution in [-0.4, -0.2) is 146 Å². The van der Waals surface area contributed by atoms with Crippen LogP contribution < -0.4 is 10.7 Å². The van der Waals surface area contributed by atoms with E-state index in [1.165, 1.54) is 21.2 Å². The number of rotatable bonds is 9. The van der Waals surface area contributed by atoms with Crippen LogP contribution in [0, 0.1) is 11.3 Å². The maximum atomic E-state index is 14.9. The fourth-order valence-electron chi connectivity index (χ4n) is 9.57. The van der Waals surface area contributed by atoms with E-state index in [1.54, 1.807) is 32.3 Å². The van der Waals surface area contributed by atoms with Crippen LogP contribution in [-0.2, 0) is 43.2 Å². The Kier molecular flexibility index (Phi) is 14.1. The number of thiazole rings is 1. The molecule has 3 aliphatic rings. The number of benzene rings is 1. The molecule has 64 heavy (non-hydrogen) atoms. The van der Waals surface area contributed by atoms with E-state index in [1.807, 2.05) is 39.3 Å². The Balaban J connectivity index is 1.30. The average molecular weight is 911 g/mol. The standard InChI is InChI=1S/C47H64N9O6SSi/c1-11-55-37-17-16-30-22-33(37)34(41(55)32-14-12-19-48-39(32)29(4)61-10)23-46(5,6)27-62-43(58)35-15-13-20-56(51-35)44(59)47(64,24-38-49-36(30)26-63-38)50-42(57)40(28(2)3)54(9)45(60)53(8)31-18-21-52(7)25-31/h12,14,16-17,19,22,26,28-29,31,35,40,51H,11,13,15,18,20-21,23-25,27H2,1-10H3,(H,50,57)/t29-,31-,35-,40-,47-/m0/s1. The van der Waals surface area contributed by atoms with Crippen molar-refractivity contribution in [3.8, 4) is 22.5 Å². The molecule has 2 saturated heterocycles. The third kappa shape index (κ3) is 9.50. The predicted octanol–water partition coefficient (Wildman–Crippen LogP) is 5.41. The number of fused-ring (bicyclic) bond motifs is 6. The highest BCUT2D eigenvalue weighted by molar-refractivity contribution is 7.10.